The van der Waals surface area contributed by atoms with Crippen LogP contribution in [0.25, 0.3) is 0 Å². The Morgan fingerprint density at radius 2 is 1.74 bits per heavy atom. The van der Waals surface area contributed by atoms with Gasteiger partial charge in [0, 0.05) is 24.8 Å². The summed E-state index contributed by atoms with van der Waals surface area (Å²) in [5.41, 5.74) is 2.12. The molecule has 31 heavy (non-hydrogen) atoms. The van der Waals surface area contributed by atoms with Crippen molar-refractivity contribution in [3.8, 4) is 11.5 Å². The average Bonchev–Trinajstić information content (AvgIpc) is 2.79. The van der Waals surface area contributed by atoms with Crippen molar-refractivity contribution in [3.05, 3.63) is 53.6 Å². The predicted molar refractivity (Wildman–Crippen MR) is 120 cm³/mol. The molecule has 0 bridgehead atoms. The number of anilines is 1. The fourth-order valence-corrected chi connectivity index (χ4v) is 4.76. The van der Waals surface area contributed by atoms with Crippen LogP contribution in [-0.4, -0.2) is 37.1 Å². The van der Waals surface area contributed by atoms with Gasteiger partial charge in [-0.15, -0.1) is 0 Å². The Morgan fingerprint density at radius 3 is 2.48 bits per heavy atom. The molecule has 1 saturated heterocycles. The number of hydrogen-bond acceptors (Lipinski definition) is 4. The van der Waals surface area contributed by atoms with Crippen molar-refractivity contribution in [2.45, 2.75) is 39.0 Å². The van der Waals surface area contributed by atoms with E-state index in [-0.39, 0.29) is 5.91 Å². The fourth-order valence-electron chi connectivity index (χ4n) is 4.76. The second-order valence-corrected chi connectivity index (χ2v) is 8.59. The zero-order valence-corrected chi connectivity index (χ0v) is 18.2. The maximum Gasteiger partial charge on any atom is 0.417 e. The predicted octanol–water partition coefficient (Wildman–Crippen LogP) is 5.27. The highest BCUT2D eigenvalue weighted by Crippen LogP contribution is 2.37. The molecule has 2 fully saturated rings. The molecule has 2 aromatic rings. The molecule has 1 aliphatic heterocycles. The second-order valence-electron chi connectivity index (χ2n) is 8.59. The number of amides is 2. The van der Waals surface area contributed by atoms with E-state index in [4.69, 9.17) is 9.47 Å². The van der Waals surface area contributed by atoms with Crippen LogP contribution in [0.4, 0.5) is 10.5 Å². The minimum atomic E-state index is -0.593. The number of likely N-dealkylation sites (tertiary alicyclic amines) is 1. The van der Waals surface area contributed by atoms with Crippen LogP contribution in [0.1, 0.15) is 48.0 Å². The fraction of sp³-hybridized carbons (Fsp3) is 0.440. The number of aryl methyl sites for hydroxylation is 1. The summed E-state index contributed by atoms with van der Waals surface area (Å²) >= 11 is 0. The molecular weight excluding hydrogens is 392 g/mol. The van der Waals surface area contributed by atoms with Gasteiger partial charge in [0.1, 0.15) is 11.5 Å². The first-order chi connectivity index (χ1) is 15.0. The van der Waals surface area contributed by atoms with Crippen molar-refractivity contribution in [2.75, 3.05) is 25.5 Å². The Morgan fingerprint density at radius 1 is 1.00 bits per heavy atom. The van der Waals surface area contributed by atoms with Crippen LogP contribution >= 0.6 is 0 Å². The van der Waals surface area contributed by atoms with E-state index in [1.165, 1.54) is 32.8 Å². The van der Waals surface area contributed by atoms with Crippen LogP contribution in [0, 0.1) is 18.8 Å². The topological polar surface area (TPSA) is 67.9 Å². The minimum absolute atomic E-state index is 0.00495. The van der Waals surface area contributed by atoms with Gasteiger partial charge in [-0.3, -0.25) is 10.1 Å². The van der Waals surface area contributed by atoms with Crippen molar-refractivity contribution in [1.29, 1.82) is 0 Å². The van der Waals surface area contributed by atoms with Gasteiger partial charge in [-0.25, -0.2) is 4.79 Å². The molecule has 0 radical (unpaired) electrons. The van der Waals surface area contributed by atoms with E-state index < -0.39 is 6.09 Å². The Hall–Kier alpha value is -3.02. The van der Waals surface area contributed by atoms with Gasteiger partial charge >= 0.3 is 6.09 Å². The van der Waals surface area contributed by atoms with E-state index in [1.54, 1.807) is 30.3 Å². The Kier molecular flexibility index (Phi) is 6.44. The minimum Gasteiger partial charge on any atom is -0.496 e. The van der Waals surface area contributed by atoms with Gasteiger partial charge in [0.15, 0.2) is 0 Å². The number of nitrogens with zero attached hydrogens (tertiary/aromatic N) is 1. The van der Waals surface area contributed by atoms with E-state index >= 15 is 0 Å². The number of methoxy groups -OCH3 is 1. The maximum atomic E-state index is 13.2. The molecule has 2 aliphatic rings. The molecule has 164 valence electrons. The highest BCUT2D eigenvalue weighted by molar-refractivity contribution is 5.98. The first-order valence-electron chi connectivity index (χ1n) is 11.1. The number of benzene rings is 2. The standard InChI is InChI=1S/C25H30N2O4/c1-17-7-10-21(11-8-17)31-25(29)26-20-9-12-22(23(15-20)30-2)24(28)27-14-13-18-5-3-4-6-19(18)16-27/h7-12,15,18-19H,3-6,13-14,16H2,1-2H3,(H,26,29)/t18-,19-/m0/s1. The molecule has 1 heterocycles. The number of fused-ring (bicyclic) bond motifs is 1. The highest BCUT2D eigenvalue weighted by atomic mass is 16.6. The SMILES string of the molecule is COc1cc(NC(=O)Oc2ccc(C)cc2)ccc1C(=O)N1CC[C@@H]2CCCC[C@H]2C1. The summed E-state index contributed by atoms with van der Waals surface area (Å²) < 4.78 is 10.8. The Balaban J connectivity index is 1.42. The summed E-state index contributed by atoms with van der Waals surface area (Å²) in [6, 6.07) is 12.3. The van der Waals surface area contributed by atoms with Gasteiger partial charge in [0.05, 0.1) is 12.7 Å². The molecule has 1 saturated carbocycles. The summed E-state index contributed by atoms with van der Waals surface area (Å²) in [6.07, 6.45) is 5.61. The summed E-state index contributed by atoms with van der Waals surface area (Å²) in [7, 11) is 1.54. The zero-order chi connectivity index (χ0) is 21.8. The van der Waals surface area contributed by atoms with Gasteiger partial charge in [-0.1, -0.05) is 37.0 Å². The molecule has 2 atom stereocenters. The van der Waals surface area contributed by atoms with E-state index in [2.05, 4.69) is 5.32 Å². The highest BCUT2D eigenvalue weighted by Gasteiger charge is 2.33. The number of ether oxygens (including phenoxy) is 2. The van der Waals surface area contributed by atoms with Crippen molar-refractivity contribution in [2.24, 2.45) is 11.8 Å². The number of carbonyl (C=O) groups excluding carboxylic acids is 2. The molecule has 1 N–H and O–H groups in total. The lowest BCUT2D eigenvalue weighted by Crippen LogP contribution is -2.44. The third-order valence-corrected chi connectivity index (χ3v) is 6.49. The largest absolute Gasteiger partial charge is 0.496 e. The third-order valence-electron chi connectivity index (χ3n) is 6.49. The number of piperidine rings is 1. The van der Waals surface area contributed by atoms with Gasteiger partial charge in [0.2, 0.25) is 0 Å². The molecule has 4 rings (SSSR count). The normalized spacial score (nSPS) is 20.5. The maximum absolute atomic E-state index is 13.2. The third kappa shape index (κ3) is 5.01. The average molecular weight is 423 g/mol. The number of nitrogens with one attached hydrogen (secondary N) is 1. The molecule has 2 amide bonds. The van der Waals surface area contributed by atoms with E-state index in [1.807, 2.05) is 24.0 Å². The number of hydrogen-bond donors (Lipinski definition) is 1. The van der Waals surface area contributed by atoms with Gasteiger partial charge in [-0.05, 0) is 55.9 Å². The van der Waals surface area contributed by atoms with Crippen molar-refractivity contribution in [3.63, 3.8) is 0 Å². The summed E-state index contributed by atoms with van der Waals surface area (Å²) in [6.45, 7) is 3.60. The monoisotopic (exact) mass is 422 g/mol. The van der Waals surface area contributed by atoms with Crippen LogP contribution < -0.4 is 14.8 Å². The van der Waals surface area contributed by atoms with Crippen molar-refractivity contribution in [1.82, 2.24) is 4.90 Å². The van der Waals surface area contributed by atoms with Crippen molar-refractivity contribution >= 4 is 17.7 Å². The smallest absolute Gasteiger partial charge is 0.417 e. The van der Waals surface area contributed by atoms with Crippen LogP contribution in [0.5, 0.6) is 11.5 Å². The summed E-state index contributed by atoms with van der Waals surface area (Å²) in [4.78, 5) is 27.4. The van der Waals surface area contributed by atoms with Gasteiger partial charge < -0.3 is 14.4 Å². The summed E-state index contributed by atoms with van der Waals surface area (Å²) in [5.74, 6) is 2.30. The zero-order valence-electron chi connectivity index (χ0n) is 18.2. The molecule has 2 aromatic carbocycles. The van der Waals surface area contributed by atoms with E-state index in [0.717, 1.165) is 31.0 Å². The molecule has 6 heteroatoms. The number of carbonyl (C=O) groups is 2. The first-order valence-corrected chi connectivity index (χ1v) is 11.1. The quantitative estimate of drug-likeness (QED) is 0.729. The lowest BCUT2D eigenvalue weighted by molar-refractivity contribution is 0.0518. The molecule has 0 spiro atoms. The van der Waals surface area contributed by atoms with Crippen LogP contribution in [0.15, 0.2) is 42.5 Å². The molecule has 0 aromatic heterocycles. The van der Waals surface area contributed by atoms with Crippen LogP contribution in [0.2, 0.25) is 0 Å². The van der Waals surface area contributed by atoms with Gasteiger partial charge in [-0.2, -0.15) is 0 Å². The Labute approximate surface area is 183 Å². The van der Waals surface area contributed by atoms with E-state index in [9.17, 15) is 9.59 Å². The van der Waals surface area contributed by atoms with E-state index in [0.29, 0.717) is 28.7 Å². The lowest BCUT2D eigenvalue weighted by Gasteiger charge is -2.41. The first kappa shape index (κ1) is 21.2. The second kappa shape index (κ2) is 9.41. The van der Waals surface area contributed by atoms with Crippen LogP contribution in [-0.2, 0) is 0 Å². The molecule has 0 unspecified atom stereocenters. The lowest BCUT2D eigenvalue weighted by atomic mass is 9.75. The molecule has 6 nitrogen and oxygen atoms in total. The Bertz CT molecular complexity index is 941. The van der Waals surface area contributed by atoms with Crippen LogP contribution in [0.3, 0.4) is 0 Å². The molecule has 1 aliphatic carbocycles. The van der Waals surface area contributed by atoms with Gasteiger partial charge in [0.25, 0.3) is 5.91 Å². The number of rotatable bonds is 4. The molecular formula is C25H30N2O4. The van der Waals surface area contributed by atoms with Crippen molar-refractivity contribution < 1.29 is 19.1 Å². The summed E-state index contributed by atoms with van der Waals surface area (Å²) in [5, 5.41) is 2.70.